The van der Waals surface area contributed by atoms with E-state index in [1.54, 1.807) is 121 Å². The molecule has 0 fully saturated rings. The summed E-state index contributed by atoms with van der Waals surface area (Å²) in [6.45, 7) is 1.26. The van der Waals surface area contributed by atoms with E-state index in [0.717, 1.165) is 43.6 Å². The van der Waals surface area contributed by atoms with Crippen molar-refractivity contribution in [2.24, 2.45) is 5.73 Å². The highest BCUT2D eigenvalue weighted by molar-refractivity contribution is 6.67. The van der Waals surface area contributed by atoms with E-state index in [-0.39, 0.29) is 46.4 Å². The molecule has 14 aromatic rings. The third kappa shape index (κ3) is 17.8. The third-order valence-electron chi connectivity index (χ3n) is 15.4. The fourth-order valence-corrected chi connectivity index (χ4v) is 10.5. The number of carboxylic acid groups (broad SMARTS) is 1. The number of nitrogens with one attached hydrogen (secondary N) is 1. The van der Waals surface area contributed by atoms with Crippen LogP contribution < -0.4 is 11.1 Å². The molecule has 0 aliphatic rings. The van der Waals surface area contributed by atoms with Gasteiger partial charge in [-0.1, -0.05) is 12.1 Å². The largest absolute Gasteiger partial charge is 0.478 e. The number of aromatic nitrogens is 8. The number of halogens is 7. The second-order valence-electron chi connectivity index (χ2n) is 22.4. The van der Waals surface area contributed by atoms with Gasteiger partial charge in [0.15, 0.2) is 0 Å². The van der Waals surface area contributed by atoms with Crippen molar-refractivity contribution in [3.63, 3.8) is 0 Å². The zero-order chi connectivity index (χ0) is 70.1. The third-order valence-corrected chi connectivity index (χ3v) is 15.6. The van der Waals surface area contributed by atoms with Gasteiger partial charge >= 0.3 is 5.97 Å². The summed E-state index contributed by atoms with van der Waals surface area (Å²) in [4.78, 5) is 71.9. The molecular weight excluding hydrogens is 1300 g/mol. The number of fused-ring (bicyclic) bond motifs is 3. The minimum atomic E-state index is -1.07. The summed E-state index contributed by atoms with van der Waals surface area (Å²) in [7, 11) is 0. The molecule has 4 N–H and O–H groups in total. The number of amides is 1. The van der Waals surface area contributed by atoms with Crippen LogP contribution in [0.1, 0.15) is 55.3 Å². The molecule has 1 amide bonds. The molecule has 21 heteroatoms. The average Bonchev–Trinajstić information content (AvgIpc) is 0.789. The number of nitrogens with two attached hydrogens (primary N) is 1. The SMILES string of the molecule is NCCCc1ccccn1.O=C(Cl)c1ccc2nc(-c3ccc(F)cc3)c(-c3ccc(F)cc3)nc2c1.O=C(NCCCc1ccccn1)c1ccc2nc(-c3ccc(F)cc3)c(-c3ccc(F)cc3)nc2c1.O=C(O)c1ccc2nc(-c3ccc(F)cc3)c(-c3ccc(F)cc3)nc2c1. The lowest BCUT2D eigenvalue weighted by Crippen LogP contribution is -2.24. The lowest BCUT2D eigenvalue weighted by atomic mass is 10.0. The molecule has 0 saturated carbocycles. The van der Waals surface area contributed by atoms with Gasteiger partial charge < -0.3 is 16.2 Å². The first-order chi connectivity index (χ1) is 48.5. The molecule has 100 heavy (non-hydrogen) atoms. The van der Waals surface area contributed by atoms with E-state index < -0.39 is 11.2 Å². The quantitative estimate of drug-likeness (QED) is 0.0467. The molecule has 9 aromatic carbocycles. The van der Waals surface area contributed by atoms with E-state index >= 15 is 0 Å². The maximum atomic E-state index is 13.6. The lowest BCUT2D eigenvalue weighted by Gasteiger charge is -2.12. The summed E-state index contributed by atoms with van der Waals surface area (Å²) < 4.78 is 80.4. The van der Waals surface area contributed by atoms with Crippen LogP contribution in [0.5, 0.6) is 0 Å². The van der Waals surface area contributed by atoms with Crippen LogP contribution in [0.25, 0.3) is 101 Å². The monoisotopic (exact) mass is 1360 g/mol. The number of aromatic carboxylic acids is 1. The van der Waals surface area contributed by atoms with E-state index in [1.807, 2.05) is 42.6 Å². The molecule has 0 unspecified atom stereocenters. The number of nitrogens with zero attached hydrogens (tertiary/aromatic N) is 8. The number of carbonyl (C=O) groups is 3. The number of aryl methyl sites for hydroxylation is 2. The van der Waals surface area contributed by atoms with Gasteiger partial charge in [0.25, 0.3) is 11.1 Å². The van der Waals surface area contributed by atoms with E-state index in [2.05, 4.69) is 35.2 Å². The molecule has 5 heterocycles. The van der Waals surface area contributed by atoms with Gasteiger partial charge in [-0.3, -0.25) is 19.6 Å². The standard InChI is InChI=1S/C29H22F2N4O.C21H11ClF2N2O.C21H12F2N2O2.C8H12N2/c30-22-11-6-19(7-12-22)27-28(20-8-13-23(31)14-9-20)35-26-18-21(10-15-25(26)34-27)29(36)33-17-3-5-24-4-1-2-16-32-24;22-21(27)14-5-10-17-18(11-14)26-20(13-3-8-16(24)9-4-13)19(25-17)12-1-6-15(23)7-2-12;22-15-6-1-12(2-7-15)19-20(13-3-8-16(23)9-4-13)25-18-11-14(21(26)27)5-10-17(18)24-19;9-6-3-5-8-4-1-2-7-10-8/h1-2,4,6-16,18H,3,5,17H2,(H,33,36);1-11H;1-11H,(H,26,27);1-2,4,7H,3,5-6,9H2. The zero-order valence-electron chi connectivity index (χ0n) is 52.9. The molecule has 0 saturated heterocycles. The Balaban J connectivity index is 0.000000143. The highest BCUT2D eigenvalue weighted by Gasteiger charge is 2.19. The van der Waals surface area contributed by atoms with Crippen molar-refractivity contribution in [3.8, 4) is 67.5 Å². The smallest absolute Gasteiger partial charge is 0.335 e. The van der Waals surface area contributed by atoms with Gasteiger partial charge in [-0.25, -0.2) is 61.0 Å². The zero-order valence-corrected chi connectivity index (χ0v) is 53.6. The van der Waals surface area contributed by atoms with Crippen molar-refractivity contribution in [1.82, 2.24) is 45.2 Å². The number of pyridine rings is 2. The molecule has 0 aliphatic carbocycles. The van der Waals surface area contributed by atoms with Crippen LogP contribution in [0.2, 0.25) is 0 Å². The van der Waals surface area contributed by atoms with Crippen LogP contribution in [-0.4, -0.2) is 75.2 Å². The first-order valence-corrected chi connectivity index (χ1v) is 31.6. The Morgan fingerprint density at radius 2 is 0.650 bits per heavy atom. The van der Waals surface area contributed by atoms with Gasteiger partial charge in [0, 0.05) is 74.8 Å². The number of carbonyl (C=O) groups excluding carboxylic acids is 2. The molecule has 14 nitrogen and oxygen atoms in total. The normalized spacial score (nSPS) is 10.8. The molecule has 0 radical (unpaired) electrons. The van der Waals surface area contributed by atoms with Gasteiger partial charge in [-0.2, -0.15) is 0 Å². The summed E-state index contributed by atoms with van der Waals surface area (Å²) in [5, 5.41) is 11.5. The summed E-state index contributed by atoms with van der Waals surface area (Å²) >= 11 is 5.56. The molecule has 0 atom stereocenters. The van der Waals surface area contributed by atoms with Crippen molar-refractivity contribution in [2.75, 3.05) is 13.1 Å². The first-order valence-electron chi connectivity index (χ1n) is 31.2. The van der Waals surface area contributed by atoms with Crippen molar-refractivity contribution < 1.29 is 45.8 Å². The van der Waals surface area contributed by atoms with Crippen LogP contribution in [0, 0.1) is 34.9 Å². The maximum absolute atomic E-state index is 13.6. The Morgan fingerprint density at radius 3 is 0.950 bits per heavy atom. The van der Waals surface area contributed by atoms with Gasteiger partial charge in [0.05, 0.1) is 72.8 Å². The molecule has 0 bridgehead atoms. The van der Waals surface area contributed by atoms with E-state index in [1.165, 1.54) is 84.9 Å². The Bertz CT molecular complexity index is 5000. The summed E-state index contributed by atoms with van der Waals surface area (Å²) in [5.41, 5.74) is 18.3. The van der Waals surface area contributed by atoms with Gasteiger partial charge in [-0.05, 0) is 268 Å². The Labute approximate surface area is 574 Å². The molecule has 5 aromatic heterocycles. The molecule has 0 spiro atoms. The van der Waals surface area contributed by atoms with Crippen LogP contribution in [0.15, 0.2) is 249 Å². The minimum Gasteiger partial charge on any atom is -0.478 e. The Hall–Kier alpha value is -12.3. The van der Waals surface area contributed by atoms with Crippen molar-refractivity contribution in [1.29, 1.82) is 0 Å². The van der Waals surface area contributed by atoms with Crippen LogP contribution >= 0.6 is 11.6 Å². The second kappa shape index (κ2) is 32.7. The van der Waals surface area contributed by atoms with E-state index in [4.69, 9.17) is 27.3 Å². The fourth-order valence-electron chi connectivity index (χ4n) is 10.4. The van der Waals surface area contributed by atoms with Crippen molar-refractivity contribution >= 4 is 61.8 Å². The predicted molar refractivity (Wildman–Crippen MR) is 375 cm³/mol. The van der Waals surface area contributed by atoms with Gasteiger partial charge in [0.2, 0.25) is 0 Å². The molecule has 496 valence electrons. The van der Waals surface area contributed by atoms with Crippen LogP contribution in [-0.2, 0) is 12.8 Å². The number of hydrogen-bond donors (Lipinski definition) is 3. The molecule has 14 rings (SSSR count). The summed E-state index contributed by atoms with van der Waals surface area (Å²) in [6, 6.07) is 61.3. The highest BCUT2D eigenvalue weighted by atomic mass is 35.5. The van der Waals surface area contributed by atoms with Crippen LogP contribution in [0.3, 0.4) is 0 Å². The maximum Gasteiger partial charge on any atom is 0.335 e. The summed E-state index contributed by atoms with van der Waals surface area (Å²) in [6.07, 6.45) is 7.13. The minimum absolute atomic E-state index is 0.0939. The van der Waals surface area contributed by atoms with Crippen molar-refractivity contribution in [3.05, 3.63) is 312 Å². The van der Waals surface area contributed by atoms with Crippen LogP contribution in [0.4, 0.5) is 26.3 Å². The number of benzene rings is 9. The van der Waals surface area contributed by atoms with Gasteiger partial charge in [0.1, 0.15) is 34.9 Å². The number of carboxylic acids is 1. The fraction of sp³-hybridized carbons (Fsp3) is 0.0759. The molecular formula is C79H57ClF6N10O4. The second-order valence-corrected chi connectivity index (χ2v) is 22.7. The van der Waals surface area contributed by atoms with Crippen molar-refractivity contribution in [2.45, 2.75) is 25.7 Å². The first kappa shape index (κ1) is 69.1. The predicted octanol–water partition coefficient (Wildman–Crippen LogP) is 17.5. The van der Waals surface area contributed by atoms with Gasteiger partial charge in [-0.15, -0.1) is 0 Å². The Morgan fingerprint density at radius 1 is 0.360 bits per heavy atom. The highest BCUT2D eigenvalue weighted by Crippen LogP contribution is 2.35. The number of rotatable bonds is 16. The number of hydrogen-bond acceptors (Lipinski definition) is 12. The lowest BCUT2D eigenvalue weighted by molar-refractivity contribution is 0.0696. The van der Waals surface area contributed by atoms with E-state index in [0.29, 0.717) is 118 Å². The Kier molecular flexibility index (Phi) is 22.6. The molecule has 0 aliphatic heterocycles. The van der Waals surface area contributed by atoms with E-state index in [9.17, 15) is 45.8 Å². The topological polar surface area (TPSA) is 213 Å². The summed E-state index contributed by atoms with van der Waals surface area (Å²) in [5.74, 6) is -3.47. The average molecular weight is 1360 g/mol.